The van der Waals surface area contributed by atoms with Crippen LogP contribution in [-0.2, 0) is 16.7 Å². The molecule has 0 saturated carbocycles. The summed E-state index contributed by atoms with van der Waals surface area (Å²) in [5.41, 5.74) is 6.13. The van der Waals surface area contributed by atoms with Gasteiger partial charge < -0.3 is 15.4 Å². The second-order valence-corrected chi connectivity index (χ2v) is 10.4. The Bertz CT molecular complexity index is 1860. The number of anilines is 3. The fourth-order valence-corrected chi connectivity index (χ4v) is 4.37. The third kappa shape index (κ3) is 6.17. The van der Waals surface area contributed by atoms with Gasteiger partial charge in [-0.15, -0.1) is 0 Å². The number of ether oxygens (including phenoxy) is 1. The highest BCUT2D eigenvalue weighted by atomic mass is 16.5. The van der Waals surface area contributed by atoms with Crippen molar-refractivity contribution in [1.82, 2.24) is 19.2 Å². The topological polar surface area (TPSA) is 109 Å². The van der Waals surface area contributed by atoms with Gasteiger partial charge in [0.2, 0.25) is 0 Å². The van der Waals surface area contributed by atoms with Crippen molar-refractivity contribution in [2.45, 2.75) is 32.7 Å². The first-order valence-corrected chi connectivity index (χ1v) is 13.5. The molecule has 0 unspecified atom stereocenters. The van der Waals surface area contributed by atoms with Gasteiger partial charge >= 0.3 is 0 Å². The summed E-state index contributed by atoms with van der Waals surface area (Å²) in [6, 6.07) is 19.0. The second kappa shape index (κ2) is 12.0. The molecule has 0 aliphatic rings. The van der Waals surface area contributed by atoms with Crippen LogP contribution >= 0.6 is 0 Å². The zero-order chi connectivity index (χ0) is 29.7. The third-order valence-electron chi connectivity index (χ3n) is 6.92. The number of pyridine rings is 1. The lowest BCUT2D eigenvalue weighted by molar-refractivity contribution is 0.102. The fourth-order valence-electron chi connectivity index (χ4n) is 4.37. The lowest BCUT2D eigenvalue weighted by atomic mass is 9.86. The van der Waals surface area contributed by atoms with Crippen LogP contribution in [0.25, 0.3) is 5.65 Å². The maximum absolute atomic E-state index is 13.1. The monoisotopic (exact) mass is 557 g/mol. The molecule has 0 radical (unpaired) electrons. The number of nitrogens with one attached hydrogen (secondary N) is 2. The first-order chi connectivity index (χ1) is 20.3. The van der Waals surface area contributed by atoms with Crippen LogP contribution in [0.3, 0.4) is 0 Å². The van der Waals surface area contributed by atoms with Crippen LogP contribution in [0, 0.1) is 30.1 Å². The standard InChI is InChI=1S/C33H31N7O2/c1-23-10-11-25(32(41)38-27-8-5-7-26(18-27)33(2,3)22-34)17-24(23)12-13-29-20-35-31-30(9-6-14-40(29)31)37-28-19-36-39(21-28)15-16-42-4/h5-11,14,17-21,37H,15-16H2,1-4H3,(H,38,41). The Hall–Kier alpha value is -5.38. The van der Waals surface area contributed by atoms with Gasteiger partial charge in [0.1, 0.15) is 5.69 Å². The summed E-state index contributed by atoms with van der Waals surface area (Å²) in [4.78, 5) is 17.7. The van der Waals surface area contributed by atoms with Crippen molar-refractivity contribution >= 4 is 28.6 Å². The van der Waals surface area contributed by atoms with Gasteiger partial charge in [-0.3, -0.25) is 13.9 Å². The van der Waals surface area contributed by atoms with E-state index >= 15 is 0 Å². The predicted octanol–water partition coefficient (Wildman–Crippen LogP) is 5.68. The molecule has 0 fully saturated rings. The average molecular weight is 558 g/mol. The molecule has 9 nitrogen and oxygen atoms in total. The highest BCUT2D eigenvalue weighted by Crippen LogP contribution is 2.25. The Balaban J connectivity index is 1.35. The molecule has 5 rings (SSSR count). The van der Waals surface area contributed by atoms with E-state index in [1.165, 1.54) is 0 Å². The first kappa shape index (κ1) is 28.2. The van der Waals surface area contributed by atoms with Gasteiger partial charge in [-0.05, 0) is 74.2 Å². The minimum Gasteiger partial charge on any atom is -0.383 e. The Labute approximate surface area is 244 Å². The van der Waals surface area contributed by atoms with Crippen LogP contribution in [0.2, 0.25) is 0 Å². The van der Waals surface area contributed by atoms with Gasteiger partial charge in [0.15, 0.2) is 5.65 Å². The number of fused-ring (bicyclic) bond motifs is 1. The van der Waals surface area contributed by atoms with Gasteiger partial charge in [-0.2, -0.15) is 10.4 Å². The van der Waals surface area contributed by atoms with Gasteiger partial charge in [0, 0.05) is 36.3 Å². The van der Waals surface area contributed by atoms with E-state index in [4.69, 9.17) is 4.74 Å². The molecule has 2 N–H and O–H groups in total. The normalized spacial score (nSPS) is 11.0. The number of rotatable bonds is 8. The molecule has 210 valence electrons. The second-order valence-electron chi connectivity index (χ2n) is 10.4. The van der Waals surface area contributed by atoms with Crippen LogP contribution in [0.5, 0.6) is 0 Å². The first-order valence-electron chi connectivity index (χ1n) is 13.5. The van der Waals surface area contributed by atoms with Gasteiger partial charge in [-0.25, -0.2) is 4.98 Å². The van der Waals surface area contributed by atoms with E-state index < -0.39 is 5.41 Å². The van der Waals surface area contributed by atoms with Crippen LogP contribution < -0.4 is 10.6 Å². The molecule has 0 aliphatic carbocycles. The largest absolute Gasteiger partial charge is 0.383 e. The number of nitrogens with zero attached hydrogens (tertiary/aromatic N) is 5. The number of nitriles is 1. The number of carbonyl (C=O) groups excluding carboxylic acids is 1. The zero-order valence-corrected chi connectivity index (χ0v) is 24.0. The summed E-state index contributed by atoms with van der Waals surface area (Å²) in [7, 11) is 1.66. The Kier molecular flexibility index (Phi) is 8.05. The number of benzene rings is 2. The molecule has 42 heavy (non-hydrogen) atoms. The molecule has 0 spiro atoms. The predicted molar refractivity (Wildman–Crippen MR) is 163 cm³/mol. The summed E-state index contributed by atoms with van der Waals surface area (Å²) >= 11 is 0. The highest BCUT2D eigenvalue weighted by molar-refractivity contribution is 6.04. The maximum Gasteiger partial charge on any atom is 0.255 e. The molecule has 0 bridgehead atoms. The van der Waals surface area contributed by atoms with Crippen molar-refractivity contribution < 1.29 is 9.53 Å². The van der Waals surface area contributed by atoms with Gasteiger partial charge in [-0.1, -0.05) is 24.1 Å². The summed E-state index contributed by atoms with van der Waals surface area (Å²) in [6.07, 6.45) is 7.33. The Morgan fingerprint density at radius 3 is 2.74 bits per heavy atom. The van der Waals surface area contributed by atoms with Crippen molar-refractivity contribution in [1.29, 1.82) is 5.26 Å². The van der Waals surface area contributed by atoms with E-state index in [9.17, 15) is 10.1 Å². The van der Waals surface area contributed by atoms with Crippen LogP contribution in [0.4, 0.5) is 17.1 Å². The Morgan fingerprint density at radius 2 is 1.93 bits per heavy atom. The number of aromatic nitrogens is 4. The molecule has 3 heterocycles. The number of carbonyl (C=O) groups is 1. The summed E-state index contributed by atoms with van der Waals surface area (Å²) in [5.74, 6) is 6.19. The molecule has 0 saturated heterocycles. The molecular formula is C33H31N7O2. The molecule has 3 aromatic heterocycles. The summed E-state index contributed by atoms with van der Waals surface area (Å²) in [5, 5.41) is 20.1. The Morgan fingerprint density at radius 1 is 1.07 bits per heavy atom. The van der Waals surface area contributed by atoms with E-state index in [1.807, 2.05) is 84.7 Å². The van der Waals surface area contributed by atoms with Crippen LogP contribution in [0.1, 0.15) is 46.6 Å². The minimum atomic E-state index is -0.657. The highest BCUT2D eigenvalue weighted by Gasteiger charge is 2.20. The number of amides is 1. The minimum absolute atomic E-state index is 0.249. The maximum atomic E-state index is 13.1. The number of hydrogen-bond acceptors (Lipinski definition) is 6. The average Bonchev–Trinajstić information content (AvgIpc) is 3.63. The molecule has 1 amide bonds. The summed E-state index contributed by atoms with van der Waals surface area (Å²) in [6.45, 7) is 6.91. The quantitative estimate of drug-likeness (QED) is 0.238. The number of aryl methyl sites for hydroxylation is 1. The van der Waals surface area contributed by atoms with Crippen LogP contribution in [-0.4, -0.2) is 38.8 Å². The third-order valence-corrected chi connectivity index (χ3v) is 6.92. The molecular weight excluding hydrogens is 526 g/mol. The number of imidazole rings is 1. The van der Waals surface area contributed by atoms with Crippen molar-refractivity contribution in [3.63, 3.8) is 0 Å². The zero-order valence-electron chi connectivity index (χ0n) is 24.0. The fraction of sp³-hybridized carbons (Fsp3) is 0.212. The smallest absolute Gasteiger partial charge is 0.255 e. The molecule has 0 aliphatic heterocycles. The molecule has 2 aromatic carbocycles. The number of hydrogen-bond donors (Lipinski definition) is 2. The lowest BCUT2D eigenvalue weighted by Gasteiger charge is -2.17. The molecule has 0 atom stereocenters. The van der Waals surface area contributed by atoms with E-state index in [0.29, 0.717) is 24.4 Å². The van der Waals surface area contributed by atoms with Gasteiger partial charge in [0.25, 0.3) is 5.91 Å². The molecule has 5 aromatic rings. The van der Waals surface area contributed by atoms with E-state index in [-0.39, 0.29) is 5.91 Å². The van der Waals surface area contributed by atoms with E-state index in [0.717, 1.165) is 39.4 Å². The van der Waals surface area contributed by atoms with E-state index in [2.05, 4.69) is 38.6 Å². The molecule has 9 heteroatoms. The summed E-state index contributed by atoms with van der Waals surface area (Å²) < 4.78 is 8.86. The lowest BCUT2D eigenvalue weighted by Crippen LogP contribution is -2.16. The number of methoxy groups -OCH3 is 1. The van der Waals surface area contributed by atoms with Crippen molar-refractivity contribution in [3.8, 4) is 17.9 Å². The van der Waals surface area contributed by atoms with Gasteiger partial charge in [0.05, 0.1) is 48.4 Å². The van der Waals surface area contributed by atoms with Crippen LogP contribution in [0.15, 0.2) is 79.4 Å². The SMILES string of the molecule is COCCn1cc(Nc2cccn3c(C#Cc4cc(C(=O)Nc5cccc(C(C)(C)C#N)c5)ccc4C)cnc23)cn1. The van der Waals surface area contributed by atoms with Crippen molar-refractivity contribution in [2.24, 2.45) is 0 Å². The van der Waals surface area contributed by atoms with Crippen molar-refractivity contribution in [3.05, 3.63) is 107 Å². The van der Waals surface area contributed by atoms with Crippen molar-refractivity contribution in [2.75, 3.05) is 24.4 Å². The van der Waals surface area contributed by atoms with E-state index in [1.54, 1.807) is 31.6 Å².